The Kier molecular flexibility index (Phi) is 5.54. The molecule has 1 fully saturated rings. The molecule has 2 aromatic heterocycles. The van der Waals surface area contributed by atoms with Gasteiger partial charge in [-0.15, -0.1) is 5.10 Å². The van der Waals surface area contributed by atoms with Crippen LogP contribution >= 0.6 is 0 Å². The van der Waals surface area contributed by atoms with E-state index in [0.29, 0.717) is 38.4 Å². The van der Waals surface area contributed by atoms with Crippen LogP contribution in [-0.4, -0.2) is 52.3 Å². The first-order valence-corrected chi connectivity index (χ1v) is 9.58. The molecule has 0 bridgehead atoms. The molecule has 0 spiro atoms. The van der Waals surface area contributed by atoms with Crippen LogP contribution in [0.3, 0.4) is 0 Å². The van der Waals surface area contributed by atoms with Gasteiger partial charge >= 0.3 is 6.18 Å². The Morgan fingerprint density at radius 3 is 2.68 bits per heavy atom. The Balaban J connectivity index is 1.85. The number of benzene rings is 1. The van der Waals surface area contributed by atoms with Crippen molar-refractivity contribution in [2.75, 3.05) is 36.5 Å². The summed E-state index contributed by atoms with van der Waals surface area (Å²) in [6.45, 7) is 3.04. The molecule has 0 aliphatic carbocycles. The lowest BCUT2D eigenvalue weighted by atomic mass is 10.1. The van der Waals surface area contributed by atoms with E-state index >= 15 is 0 Å². The third kappa shape index (κ3) is 3.93. The molecule has 3 aromatic rings. The van der Waals surface area contributed by atoms with Crippen LogP contribution < -0.4 is 10.2 Å². The number of aliphatic hydroxyl groups excluding tert-OH is 1. The third-order valence-corrected chi connectivity index (χ3v) is 5.18. The molecule has 0 radical (unpaired) electrons. The van der Waals surface area contributed by atoms with Crippen LogP contribution in [0.1, 0.15) is 27.2 Å². The maximum absolute atomic E-state index is 13.3. The van der Waals surface area contributed by atoms with Gasteiger partial charge in [-0.05, 0) is 30.7 Å². The summed E-state index contributed by atoms with van der Waals surface area (Å²) in [6.07, 6.45) is -3.87. The van der Waals surface area contributed by atoms with Crippen molar-refractivity contribution in [3.8, 4) is 0 Å². The number of morpholine rings is 1. The number of nitrogens with zero attached hydrogens (tertiary/aromatic N) is 4. The van der Waals surface area contributed by atoms with Gasteiger partial charge in [-0.1, -0.05) is 6.07 Å². The van der Waals surface area contributed by atoms with Gasteiger partial charge in [-0.2, -0.15) is 17.7 Å². The smallest absolute Gasteiger partial charge is 0.390 e. The van der Waals surface area contributed by atoms with E-state index in [1.165, 1.54) is 23.6 Å². The van der Waals surface area contributed by atoms with Crippen molar-refractivity contribution in [3.63, 3.8) is 0 Å². The predicted molar refractivity (Wildman–Crippen MR) is 107 cm³/mol. The molecule has 1 aliphatic rings. The SMILES string of the molecule is Cc1c(Nc2c(CO)nc3c(C=O)cc(N4CCOCC4)nn23)cccc1C(F)(F)F. The van der Waals surface area contributed by atoms with Crippen molar-refractivity contribution in [2.24, 2.45) is 0 Å². The van der Waals surface area contributed by atoms with Crippen LogP contribution in [0, 0.1) is 6.92 Å². The molecule has 3 heterocycles. The number of rotatable bonds is 5. The Bertz CT molecular complexity index is 1120. The Morgan fingerprint density at radius 2 is 2.03 bits per heavy atom. The second-order valence-electron chi connectivity index (χ2n) is 7.08. The summed E-state index contributed by atoms with van der Waals surface area (Å²) in [7, 11) is 0. The van der Waals surface area contributed by atoms with Crippen LogP contribution in [0.15, 0.2) is 24.3 Å². The van der Waals surface area contributed by atoms with E-state index in [1.807, 2.05) is 4.90 Å². The summed E-state index contributed by atoms with van der Waals surface area (Å²) in [4.78, 5) is 17.9. The average molecular weight is 435 g/mol. The highest BCUT2D eigenvalue weighted by Crippen LogP contribution is 2.36. The molecule has 1 aliphatic heterocycles. The lowest BCUT2D eigenvalue weighted by Crippen LogP contribution is -2.37. The van der Waals surface area contributed by atoms with Gasteiger partial charge in [-0.25, -0.2) is 4.98 Å². The van der Waals surface area contributed by atoms with Crippen molar-refractivity contribution < 1.29 is 27.8 Å². The zero-order chi connectivity index (χ0) is 22.2. The molecule has 31 heavy (non-hydrogen) atoms. The van der Waals surface area contributed by atoms with Crippen molar-refractivity contribution in [2.45, 2.75) is 19.7 Å². The molecule has 2 N–H and O–H groups in total. The number of imidazole rings is 1. The van der Waals surface area contributed by atoms with Gasteiger partial charge < -0.3 is 20.1 Å². The van der Waals surface area contributed by atoms with Crippen LogP contribution in [0.5, 0.6) is 0 Å². The van der Waals surface area contributed by atoms with E-state index in [1.54, 1.807) is 6.07 Å². The Hall–Kier alpha value is -3.18. The fourth-order valence-corrected chi connectivity index (χ4v) is 3.55. The molecule has 4 rings (SSSR count). The molecule has 1 aromatic carbocycles. The number of carbonyl (C=O) groups excluding carboxylic acids is 1. The minimum Gasteiger partial charge on any atom is -0.390 e. The molecule has 0 saturated carbocycles. The highest BCUT2D eigenvalue weighted by molar-refractivity contribution is 5.86. The van der Waals surface area contributed by atoms with Crippen LogP contribution in [0.2, 0.25) is 0 Å². The van der Waals surface area contributed by atoms with Gasteiger partial charge in [-0.3, -0.25) is 4.79 Å². The van der Waals surface area contributed by atoms with E-state index in [-0.39, 0.29) is 34.0 Å². The topological polar surface area (TPSA) is 92.0 Å². The van der Waals surface area contributed by atoms with Crippen LogP contribution in [-0.2, 0) is 17.5 Å². The molecule has 1 saturated heterocycles. The first kappa shape index (κ1) is 21.1. The number of halogens is 3. The van der Waals surface area contributed by atoms with Gasteiger partial charge in [0.2, 0.25) is 0 Å². The van der Waals surface area contributed by atoms with Crippen molar-refractivity contribution in [1.29, 1.82) is 0 Å². The Labute approximate surface area is 175 Å². The van der Waals surface area contributed by atoms with Crippen LogP contribution in [0.4, 0.5) is 30.5 Å². The van der Waals surface area contributed by atoms with E-state index in [4.69, 9.17) is 4.74 Å². The second kappa shape index (κ2) is 8.16. The number of nitrogens with one attached hydrogen (secondary N) is 1. The number of hydrogen-bond acceptors (Lipinski definition) is 7. The predicted octanol–water partition coefficient (Wildman–Crippen LogP) is 2.94. The molecule has 0 unspecified atom stereocenters. The molecular weight excluding hydrogens is 415 g/mol. The zero-order valence-electron chi connectivity index (χ0n) is 16.6. The minimum atomic E-state index is -4.51. The molecule has 8 nitrogen and oxygen atoms in total. The first-order valence-electron chi connectivity index (χ1n) is 9.58. The van der Waals surface area contributed by atoms with Crippen molar-refractivity contribution in [1.82, 2.24) is 14.6 Å². The van der Waals surface area contributed by atoms with Gasteiger partial charge in [0.05, 0.1) is 30.9 Å². The highest BCUT2D eigenvalue weighted by Gasteiger charge is 2.33. The molecular formula is C20H20F3N5O3. The van der Waals surface area contributed by atoms with Crippen LogP contribution in [0.25, 0.3) is 5.65 Å². The normalized spacial score (nSPS) is 14.8. The van der Waals surface area contributed by atoms with Crippen molar-refractivity contribution in [3.05, 3.63) is 46.6 Å². The van der Waals surface area contributed by atoms with Gasteiger partial charge in [0.1, 0.15) is 5.69 Å². The first-order chi connectivity index (χ1) is 14.8. The lowest BCUT2D eigenvalue weighted by molar-refractivity contribution is -0.138. The van der Waals surface area contributed by atoms with E-state index < -0.39 is 18.3 Å². The molecule has 164 valence electrons. The van der Waals surface area contributed by atoms with E-state index in [9.17, 15) is 23.1 Å². The Morgan fingerprint density at radius 1 is 1.29 bits per heavy atom. The fraction of sp³-hybridized carbons (Fsp3) is 0.350. The monoisotopic (exact) mass is 435 g/mol. The molecule has 0 atom stereocenters. The summed E-state index contributed by atoms with van der Waals surface area (Å²) in [5, 5.41) is 17.3. The fourth-order valence-electron chi connectivity index (χ4n) is 3.55. The zero-order valence-corrected chi connectivity index (χ0v) is 16.6. The quantitative estimate of drug-likeness (QED) is 0.596. The largest absolute Gasteiger partial charge is 0.416 e. The number of alkyl halides is 3. The average Bonchev–Trinajstić information content (AvgIpc) is 3.11. The summed E-state index contributed by atoms with van der Waals surface area (Å²) in [5.74, 6) is 0.696. The maximum atomic E-state index is 13.3. The minimum absolute atomic E-state index is 0.00576. The summed E-state index contributed by atoms with van der Waals surface area (Å²) in [6, 6.07) is 5.39. The maximum Gasteiger partial charge on any atom is 0.416 e. The number of aldehydes is 1. The molecule has 11 heteroatoms. The number of carbonyl (C=O) groups is 1. The van der Waals surface area contributed by atoms with Gasteiger partial charge in [0.25, 0.3) is 0 Å². The number of fused-ring (bicyclic) bond motifs is 1. The number of hydrogen-bond donors (Lipinski definition) is 2. The number of aromatic nitrogens is 3. The number of ether oxygens (including phenoxy) is 1. The van der Waals surface area contributed by atoms with Crippen molar-refractivity contribution >= 4 is 29.3 Å². The number of anilines is 3. The standard InChI is InChI=1S/C20H20F3N5O3/c1-12-14(20(21,22)23)3-2-4-15(12)24-19-16(11-30)25-18-13(10-29)9-17(26-28(18)19)27-5-7-31-8-6-27/h2-4,9-10,24,30H,5-8,11H2,1H3. The summed E-state index contributed by atoms with van der Waals surface area (Å²) in [5.41, 5.74) is 0.0217. The second-order valence-corrected chi connectivity index (χ2v) is 7.08. The van der Waals surface area contributed by atoms with Gasteiger partial charge in [0, 0.05) is 18.8 Å². The van der Waals surface area contributed by atoms with E-state index in [2.05, 4.69) is 15.4 Å². The number of aliphatic hydroxyl groups is 1. The van der Waals surface area contributed by atoms with E-state index in [0.717, 1.165) is 6.07 Å². The van der Waals surface area contributed by atoms with Gasteiger partial charge in [0.15, 0.2) is 23.6 Å². The lowest BCUT2D eigenvalue weighted by Gasteiger charge is -2.27. The summed E-state index contributed by atoms with van der Waals surface area (Å²) >= 11 is 0. The highest BCUT2D eigenvalue weighted by atomic mass is 19.4. The molecule has 0 amide bonds. The summed E-state index contributed by atoms with van der Waals surface area (Å²) < 4.78 is 46.6. The third-order valence-electron chi connectivity index (χ3n) is 5.18.